The van der Waals surface area contributed by atoms with Crippen molar-refractivity contribution < 1.29 is 14.3 Å². The molecule has 1 fully saturated rings. The van der Waals surface area contributed by atoms with E-state index in [4.69, 9.17) is 4.74 Å². The SMILES string of the molecule is CC(C)(C)OC(=O)N1CCC2(CC1)Nc1ccccc1NC2=O. The van der Waals surface area contributed by atoms with E-state index in [2.05, 4.69) is 10.6 Å². The minimum Gasteiger partial charge on any atom is -0.444 e. The zero-order chi connectivity index (χ0) is 16.7. The van der Waals surface area contributed by atoms with Gasteiger partial charge in [0.05, 0.1) is 11.4 Å². The summed E-state index contributed by atoms with van der Waals surface area (Å²) < 4.78 is 5.40. The summed E-state index contributed by atoms with van der Waals surface area (Å²) in [4.78, 5) is 26.4. The number of rotatable bonds is 0. The predicted octanol–water partition coefficient (Wildman–Crippen LogP) is 2.82. The highest BCUT2D eigenvalue weighted by Crippen LogP contribution is 2.36. The van der Waals surface area contributed by atoms with Gasteiger partial charge in [0.2, 0.25) is 5.91 Å². The van der Waals surface area contributed by atoms with E-state index in [1.807, 2.05) is 45.0 Å². The number of hydrogen-bond acceptors (Lipinski definition) is 4. The van der Waals surface area contributed by atoms with Gasteiger partial charge >= 0.3 is 6.09 Å². The quantitative estimate of drug-likeness (QED) is 0.772. The second kappa shape index (κ2) is 5.44. The van der Waals surface area contributed by atoms with Crippen LogP contribution in [0.25, 0.3) is 0 Å². The van der Waals surface area contributed by atoms with Gasteiger partial charge in [-0.2, -0.15) is 0 Å². The molecule has 2 aliphatic heterocycles. The summed E-state index contributed by atoms with van der Waals surface area (Å²) in [7, 11) is 0. The predicted molar refractivity (Wildman–Crippen MR) is 88.5 cm³/mol. The van der Waals surface area contributed by atoms with Crippen LogP contribution in [0.3, 0.4) is 0 Å². The van der Waals surface area contributed by atoms with Crippen molar-refractivity contribution in [2.45, 2.75) is 44.8 Å². The molecule has 3 rings (SSSR count). The normalized spacial score (nSPS) is 19.6. The number of amides is 2. The summed E-state index contributed by atoms with van der Waals surface area (Å²) in [5.74, 6) is -0.0277. The van der Waals surface area contributed by atoms with E-state index in [-0.39, 0.29) is 12.0 Å². The lowest BCUT2D eigenvalue weighted by molar-refractivity contribution is -0.122. The van der Waals surface area contributed by atoms with Crippen molar-refractivity contribution >= 4 is 23.4 Å². The van der Waals surface area contributed by atoms with Gasteiger partial charge < -0.3 is 20.3 Å². The number of benzene rings is 1. The summed E-state index contributed by atoms with van der Waals surface area (Å²) in [6, 6.07) is 7.66. The van der Waals surface area contributed by atoms with Crippen molar-refractivity contribution in [1.82, 2.24) is 4.90 Å². The molecule has 1 saturated heterocycles. The van der Waals surface area contributed by atoms with Crippen LogP contribution < -0.4 is 10.6 Å². The average Bonchev–Trinajstić information content (AvgIpc) is 2.47. The number of ether oxygens (including phenoxy) is 1. The first-order chi connectivity index (χ1) is 10.8. The maximum Gasteiger partial charge on any atom is 0.410 e. The van der Waals surface area contributed by atoms with Crippen LogP contribution in [0.2, 0.25) is 0 Å². The summed E-state index contributed by atoms with van der Waals surface area (Å²) in [6.45, 7) is 6.55. The standard InChI is InChI=1S/C17H23N3O3/c1-16(2,3)23-15(22)20-10-8-17(9-11-20)14(21)18-12-6-4-5-7-13(12)19-17/h4-7,19H,8-11H2,1-3H3,(H,18,21). The van der Waals surface area contributed by atoms with Crippen LogP contribution >= 0.6 is 0 Å². The molecule has 0 saturated carbocycles. The van der Waals surface area contributed by atoms with Crippen molar-refractivity contribution in [3.05, 3.63) is 24.3 Å². The molecular weight excluding hydrogens is 294 g/mol. The first-order valence-corrected chi connectivity index (χ1v) is 7.96. The molecule has 1 aromatic rings. The Hall–Kier alpha value is -2.24. The highest BCUT2D eigenvalue weighted by Gasteiger charge is 2.45. The third-order valence-electron chi connectivity index (χ3n) is 4.25. The van der Waals surface area contributed by atoms with Crippen molar-refractivity contribution in [2.75, 3.05) is 23.7 Å². The molecule has 1 aromatic carbocycles. The molecule has 0 bridgehead atoms. The molecule has 2 aliphatic rings. The van der Waals surface area contributed by atoms with Crippen molar-refractivity contribution in [1.29, 1.82) is 0 Å². The molecule has 6 heteroatoms. The molecule has 2 amide bonds. The number of carbonyl (C=O) groups excluding carboxylic acids is 2. The van der Waals surface area contributed by atoms with Crippen LogP contribution in [-0.2, 0) is 9.53 Å². The Kier molecular flexibility index (Phi) is 3.70. The fourth-order valence-electron chi connectivity index (χ4n) is 3.01. The van der Waals surface area contributed by atoms with Gasteiger partial charge in [0, 0.05) is 13.1 Å². The maximum atomic E-state index is 12.5. The summed E-state index contributed by atoms with van der Waals surface area (Å²) in [5.41, 5.74) is 0.578. The Morgan fingerprint density at radius 1 is 1.17 bits per heavy atom. The van der Waals surface area contributed by atoms with Crippen LogP contribution in [-0.4, -0.2) is 41.1 Å². The van der Waals surface area contributed by atoms with Crippen LogP contribution in [0, 0.1) is 0 Å². The number of carbonyl (C=O) groups is 2. The van der Waals surface area contributed by atoms with Gasteiger partial charge in [-0.3, -0.25) is 4.79 Å². The minimum atomic E-state index is -0.646. The molecule has 1 spiro atoms. The van der Waals surface area contributed by atoms with Crippen molar-refractivity contribution in [3.63, 3.8) is 0 Å². The number of para-hydroxylation sites is 2. The zero-order valence-electron chi connectivity index (χ0n) is 13.8. The minimum absolute atomic E-state index is 0.0277. The average molecular weight is 317 g/mol. The second-order valence-electron chi connectivity index (χ2n) is 7.17. The van der Waals surface area contributed by atoms with Gasteiger partial charge in [-0.25, -0.2) is 4.79 Å². The first kappa shape index (κ1) is 15.6. The number of nitrogens with one attached hydrogen (secondary N) is 2. The lowest BCUT2D eigenvalue weighted by Gasteiger charge is -2.44. The molecule has 124 valence electrons. The molecule has 0 aliphatic carbocycles. The molecular formula is C17H23N3O3. The third kappa shape index (κ3) is 3.11. The summed E-state index contributed by atoms with van der Waals surface area (Å²) in [5, 5.41) is 6.35. The lowest BCUT2D eigenvalue weighted by Crippen LogP contribution is -2.59. The Labute approximate surface area is 136 Å². The number of hydrogen-bond donors (Lipinski definition) is 2. The van der Waals surface area contributed by atoms with Gasteiger partial charge in [-0.05, 0) is 45.7 Å². The van der Waals surface area contributed by atoms with Crippen LogP contribution in [0.4, 0.5) is 16.2 Å². The smallest absolute Gasteiger partial charge is 0.410 e. The van der Waals surface area contributed by atoms with E-state index in [0.717, 1.165) is 11.4 Å². The van der Waals surface area contributed by atoms with E-state index in [9.17, 15) is 9.59 Å². The van der Waals surface area contributed by atoms with Gasteiger partial charge in [-0.1, -0.05) is 12.1 Å². The number of anilines is 2. The topological polar surface area (TPSA) is 70.7 Å². The number of fused-ring (bicyclic) bond motifs is 1. The Balaban J connectivity index is 1.69. The number of likely N-dealkylation sites (tertiary alicyclic amines) is 1. The lowest BCUT2D eigenvalue weighted by atomic mass is 9.84. The third-order valence-corrected chi connectivity index (χ3v) is 4.25. The molecule has 0 aromatic heterocycles. The molecule has 2 N–H and O–H groups in total. The van der Waals surface area contributed by atoms with Crippen molar-refractivity contribution in [3.8, 4) is 0 Å². The van der Waals surface area contributed by atoms with E-state index >= 15 is 0 Å². The fraction of sp³-hybridized carbons (Fsp3) is 0.529. The zero-order valence-corrected chi connectivity index (χ0v) is 13.8. The molecule has 6 nitrogen and oxygen atoms in total. The number of nitrogens with zero attached hydrogens (tertiary/aromatic N) is 1. The molecule has 0 atom stereocenters. The molecule has 2 heterocycles. The Morgan fingerprint density at radius 3 is 2.39 bits per heavy atom. The molecule has 0 unspecified atom stereocenters. The van der Waals surface area contributed by atoms with Gasteiger partial charge in [-0.15, -0.1) is 0 Å². The van der Waals surface area contributed by atoms with E-state index < -0.39 is 11.1 Å². The molecule has 0 radical (unpaired) electrons. The monoisotopic (exact) mass is 317 g/mol. The Morgan fingerprint density at radius 2 is 1.78 bits per heavy atom. The van der Waals surface area contributed by atoms with E-state index in [1.165, 1.54) is 0 Å². The summed E-state index contributed by atoms with van der Waals surface area (Å²) in [6.07, 6.45) is 0.808. The van der Waals surface area contributed by atoms with Crippen molar-refractivity contribution in [2.24, 2.45) is 0 Å². The maximum absolute atomic E-state index is 12.5. The van der Waals surface area contributed by atoms with Crippen LogP contribution in [0.5, 0.6) is 0 Å². The van der Waals surface area contributed by atoms with E-state index in [0.29, 0.717) is 25.9 Å². The number of piperidine rings is 1. The molecule has 23 heavy (non-hydrogen) atoms. The Bertz CT molecular complexity index is 628. The highest BCUT2D eigenvalue weighted by atomic mass is 16.6. The largest absolute Gasteiger partial charge is 0.444 e. The van der Waals surface area contributed by atoms with Crippen LogP contribution in [0.1, 0.15) is 33.6 Å². The highest BCUT2D eigenvalue weighted by molar-refractivity contribution is 6.06. The van der Waals surface area contributed by atoms with E-state index in [1.54, 1.807) is 4.90 Å². The summed E-state index contributed by atoms with van der Waals surface area (Å²) >= 11 is 0. The van der Waals surface area contributed by atoms with Gasteiger partial charge in [0.25, 0.3) is 0 Å². The van der Waals surface area contributed by atoms with Crippen LogP contribution in [0.15, 0.2) is 24.3 Å². The second-order valence-corrected chi connectivity index (χ2v) is 7.17. The van der Waals surface area contributed by atoms with Gasteiger partial charge in [0.15, 0.2) is 0 Å². The fourth-order valence-corrected chi connectivity index (χ4v) is 3.01. The van der Waals surface area contributed by atoms with Gasteiger partial charge in [0.1, 0.15) is 11.1 Å². The first-order valence-electron chi connectivity index (χ1n) is 7.96.